The van der Waals surface area contributed by atoms with E-state index in [0.717, 1.165) is 12.1 Å². The maximum Gasteiger partial charge on any atom is 0.258 e. The van der Waals surface area contributed by atoms with Crippen molar-refractivity contribution in [3.63, 3.8) is 0 Å². The van der Waals surface area contributed by atoms with Gasteiger partial charge in [-0.05, 0) is 25.1 Å². The van der Waals surface area contributed by atoms with Crippen molar-refractivity contribution in [1.29, 1.82) is 0 Å². The summed E-state index contributed by atoms with van der Waals surface area (Å²) in [6, 6.07) is 11.7. The maximum absolute atomic E-state index is 13.7. The number of ether oxygens (including phenoxy) is 1. The van der Waals surface area contributed by atoms with Crippen molar-refractivity contribution < 1.29 is 23.4 Å². The molecular weight excluding hydrogens is 304 g/mol. The van der Waals surface area contributed by atoms with Crippen LogP contribution in [0.1, 0.15) is 12.5 Å². The fraction of sp³-hybridized carbons (Fsp3) is 0.235. The molecule has 1 atom stereocenters. The molecule has 0 heterocycles. The van der Waals surface area contributed by atoms with Crippen LogP contribution in [0.2, 0.25) is 0 Å². The number of hydrogen-bond donors (Lipinski definition) is 2. The number of amides is 1. The molecule has 1 unspecified atom stereocenters. The molecule has 0 radical (unpaired) electrons. The molecule has 2 rings (SSSR count). The molecule has 0 bridgehead atoms. The Morgan fingerprint density at radius 3 is 2.57 bits per heavy atom. The maximum atomic E-state index is 13.7. The van der Waals surface area contributed by atoms with Gasteiger partial charge in [0.25, 0.3) is 5.91 Å². The van der Waals surface area contributed by atoms with Crippen LogP contribution in [-0.4, -0.2) is 24.2 Å². The molecule has 0 spiro atoms. The topological polar surface area (TPSA) is 58.6 Å². The molecule has 2 N–H and O–H groups in total. The quantitative estimate of drug-likeness (QED) is 0.859. The number of benzene rings is 2. The van der Waals surface area contributed by atoms with Crippen molar-refractivity contribution in [3.8, 4) is 5.75 Å². The molecule has 0 aliphatic rings. The van der Waals surface area contributed by atoms with Crippen LogP contribution in [0.25, 0.3) is 0 Å². The van der Waals surface area contributed by atoms with E-state index in [2.05, 4.69) is 5.32 Å². The van der Waals surface area contributed by atoms with Crippen LogP contribution in [0.4, 0.5) is 8.78 Å². The molecule has 4 nitrogen and oxygen atoms in total. The second kappa shape index (κ2) is 7.19. The number of carbonyl (C=O) groups excluding carboxylic acids is 1. The minimum absolute atomic E-state index is 0.0943. The average molecular weight is 321 g/mol. The lowest BCUT2D eigenvalue weighted by molar-refractivity contribution is -0.124. The molecule has 0 fully saturated rings. The second-order valence-corrected chi connectivity index (χ2v) is 5.28. The highest BCUT2D eigenvalue weighted by molar-refractivity contribution is 5.77. The number of nitrogens with one attached hydrogen (secondary N) is 1. The van der Waals surface area contributed by atoms with Crippen LogP contribution in [-0.2, 0) is 10.4 Å². The summed E-state index contributed by atoms with van der Waals surface area (Å²) in [5.41, 5.74) is -1.76. The number of carbonyl (C=O) groups is 1. The van der Waals surface area contributed by atoms with E-state index in [1.165, 1.54) is 6.92 Å². The van der Waals surface area contributed by atoms with Gasteiger partial charge in [0.05, 0.1) is 6.54 Å². The molecule has 0 aliphatic heterocycles. The van der Waals surface area contributed by atoms with Gasteiger partial charge < -0.3 is 15.2 Å². The van der Waals surface area contributed by atoms with Crippen LogP contribution in [0.5, 0.6) is 5.75 Å². The molecule has 2 aromatic rings. The first-order valence-corrected chi connectivity index (χ1v) is 7.01. The third-order valence-electron chi connectivity index (χ3n) is 3.25. The summed E-state index contributed by atoms with van der Waals surface area (Å²) < 4.78 is 31.9. The molecule has 0 saturated heterocycles. The Kier molecular flexibility index (Phi) is 5.28. The zero-order valence-corrected chi connectivity index (χ0v) is 12.6. The van der Waals surface area contributed by atoms with E-state index in [1.807, 2.05) is 6.07 Å². The van der Waals surface area contributed by atoms with E-state index in [9.17, 15) is 18.7 Å². The van der Waals surface area contributed by atoms with Crippen molar-refractivity contribution in [2.24, 2.45) is 0 Å². The molecule has 1 amide bonds. The fourth-order valence-corrected chi connectivity index (χ4v) is 2.01. The molecule has 6 heteroatoms. The summed E-state index contributed by atoms with van der Waals surface area (Å²) in [5.74, 6) is -1.53. The van der Waals surface area contributed by atoms with Crippen molar-refractivity contribution in [1.82, 2.24) is 5.32 Å². The van der Waals surface area contributed by atoms with Gasteiger partial charge in [0.1, 0.15) is 23.0 Å². The van der Waals surface area contributed by atoms with Gasteiger partial charge in [0, 0.05) is 11.6 Å². The number of para-hydroxylation sites is 1. The summed E-state index contributed by atoms with van der Waals surface area (Å²) in [7, 11) is 0. The lowest BCUT2D eigenvalue weighted by Crippen LogP contribution is -2.41. The first kappa shape index (κ1) is 16.9. The molecule has 23 heavy (non-hydrogen) atoms. The first-order chi connectivity index (χ1) is 10.9. The third kappa shape index (κ3) is 4.75. The summed E-state index contributed by atoms with van der Waals surface area (Å²) in [6.07, 6.45) is 0. The van der Waals surface area contributed by atoms with Gasteiger partial charge in [0.2, 0.25) is 0 Å². The second-order valence-electron chi connectivity index (χ2n) is 5.28. The smallest absolute Gasteiger partial charge is 0.258 e. The monoisotopic (exact) mass is 321 g/mol. The average Bonchev–Trinajstić information content (AvgIpc) is 2.51. The van der Waals surface area contributed by atoms with Crippen LogP contribution in [0.15, 0.2) is 48.5 Å². The number of rotatable bonds is 6. The van der Waals surface area contributed by atoms with Gasteiger partial charge in [-0.2, -0.15) is 0 Å². The normalized spacial score (nSPS) is 13.2. The van der Waals surface area contributed by atoms with Gasteiger partial charge in [-0.25, -0.2) is 8.78 Å². The number of hydrogen-bond acceptors (Lipinski definition) is 3. The number of aliphatic hydroxyl groups is 1. The van der Waals surface area contributed by atoms with Crippen LogP contribution in [0.3, 0.4) is 0 Å². The minimum Gasteiger partial charge on any atom is -0.484 e. The Hall–Kier alpha value is -2.47. The van der Waals surface area contributed by atoms with E-state index < -0.39 is 23.1 Å². The lowest BCUT2D eigenvalue weighted by Gasteiger charge is -2.24. The van der Waals surface area contributed by atoms with Crippen LogP contribution in [0, 0.1) is 11.6 Å². The van der Waals surface area contributed by atoms with E-state index >= 15 is 0 Å². The summed E-state index contributed by atoms with van der Waals surface area (Å²) >= 11 is 0. The predicted octanol–water partition coefficient (Wildman–Crippen LogP) is 2.37. The Bertz CT molecular complexity index is 675. The fourth-order valence-electron chi connectivity index (χ4n) is 2.01. The Labute approximate surface area is 132 Å². The SMILES string of the molecule is CC(O)(CNC(=O)COc1ccccc1)c1ccc(F)cc1F. The predicted molar refractivity (Wildman–Crippen MR) is 80.9 cm³/mol. The zero-order valence-electron chi connectivity index (χ0n) is 12.6. The van der Waals surface area contributed by atoms with Crippen molar-refractivity contribution in [3.05, 3.63) is 65.7 Å². The Morgan fingerprint density at radius 1 is 1.22 bits per heavy atom. The largest absolute Gasteiger partial charge is 0.484 e. The van der Waals surface area contributed by atoms with Crippen LogP contribution < -0.4 is 10.1 Å². The van der Waals surface area contributed by atoms with Crippen LogP contribution >= 0.6 is 0 Å². The Morgan fingerprint density at radius 2 is 1.91 bits per heavy atom. The first-order valence-electron chi connectivity index (χ1n) is 7.01. The molecule has 0 aromatic heterocycles. The highest BCUT2D eigenvalue weighted by Crippen LogP contribution is 2.23. The summed E-state index contributed by atoms with van der Waals surface area (Å²) in [5, 5.41) is 12.7. The minimum atomic E-state index is -1.67. The van der Waals surface area contributed by atoms with Gasteiger partial charge in [-0.1, -0.05) is 24.3 Å². The van der Waals surface area contributed by atoms with E-state index in [0.29, 0.717) is 11.8 Å². The summed E-state index contributed by atoms with van der Waals surface area (Å²) in [6.45, 7) is 0.875. The van der Waals surface area contributed by atoms with Crippen molar-refractivity contribution in [2.75, 3.05) is 13.2 Å². The van der Waals surface area contributed by atoms with E-state index in [-0.39, 0.29) is 18.7 Å². The van der Waals surface area contributed by atoms with Gasteiger partial charge in [-0.15, -0.1) is 0 Å². The highest BCUT2D eigenvalue weighted by atomic mass is 19.1. The zero-order chi connectivity index (χ0) is 16.9. The molecule has 2 aromatic carbocycles. The van der Waals surface area contributed by atoms with Gasteiger partial charge in [-0.3, -0.25) is 4.79 Å². The molecule has 0 aliphatic carbocycles. The van der Waals surface area contributed by atoms with Crippen molar-refractivity contribution in [2.45, 2.75) is 12.5 Å². The Balaban J connectivity index is 1.89. The van der Waals surface area contributed by atoms with Gasteiger partial charge in [0.15, 0.2) is 6.61 Å². The van der Waals surface area contributed by atoms with Crippen molar-refractivity contribution >= 4 is 5.91 Å². The molecule has 0 saturated carbocycles. The molecular formula is C17H17F2NO3. The van der Waals surface area contributed by atoms with E-state index in [1.54, 1.807) is 24.3 Å². The lowest BCUT2D eigenvalue weighted by atomic mass is 9.95. The standard InChI is InChI=1S/C17H17F2NO3/c1-17(22,14-8-7-12(18)9-15(14)19)11-20-16(21)10-23-13-5-3-2-4-6-13/h2-9,22H,10-11H2,1H3,(H,20,21). The third-order valence-corrected chi connectivity index (χ3v) is 3.25. The highest BCUT2D eigenvalue weighted by Gasteiger charge is 2.27. The molecule has 122 valence electrons. The van der Waals surface area contributed by atoms with Gasteiger partial charge >= 0.3 is 0 Å². The number of halogens is 2. The summed E-state index contributed by atoms with van der Waals surface area (Å²) in [4.78, 5) is 11.7. The van der Waals surface area contributed by atoms with E-state index in [4.69, 9.17) is 4.74 Å².